The number of amides is 3. The first-order valence-electron chi connectivity index (χ1n) is 7.82. The van der Waals surface area contributed by atoms with Gasteiger partial charge in [0.05, 0.1) is 6.54 Å². The van der Waals surface area contributed by atoms with Gasteiger partial charge in [0.25, 0.3) is 11.8 Å². The van der Waals surface area contributed by atoms with Crippen molar-refractivity contribution in [3.8, 4) is 10.4 Å². The molecule has 2 aliphatic heterocycles. The molecule has 0 saturated carbocycles. The van der Waals surface area contributed by atoms with E-state index in [1.165, 1.54) is 23.2 Å². The Morgan fingerprint density at radius 2 is 2.04 bits per heavy atom. The Labute approximate surface area is 158 Å². The van der Waals surface area contributed by atoms with Crippen LogP contribution in [0.1, 0.15) is 27.7 Å². The van der Waals surface area contributed by atoms with E-state index in [2.05, 4.69) is 10.6 Å². The van der Waals surface area contributed by atoms with Crippen LogP contribution in [0.25, 0.3) is 16.5 Å². The van der Waals surface area contributed by atoms with E-state index in [4.69, 9.17) is 12.2 Å². The number of nitrogens with zero attached hydrogens (tertiary/aromatic N) is 1. The van der Waals surface area contributed by atoms with Gasteiger partial charge < -0.3 is 5.32 Å². The molecule has 1 aromatic heterocycles. The van der Waals surface area contributed by atoms with E-state index in [0.29, 0.717) is 22.9 Å². The van der Waals surface area contributed by atoms with Gasteiger partial charge in [0.1, 0.15) is 5.70 Å². The molecule has 1 saturated heterocycles. The van der Waals surface area contributed by atoms with Gasteiger partial charge in [-0.2, -0.15) is 0 Å². The second-order valence-corrected chi connectivity index (χ2v) is 7.47. The van der Waals surface area contributed by atoms with Gasteiger partial charge in [0, 0.05) is 22.2 Å². The van der Waals surface area contributed by atoms with Crippen LogP contribution >= 0.6 is 23.6 Å². The lowest BCUT2D eigenvalue weighted by molar-refractivity contribution is -0.126. The van der Waals surface area contributed by atoms with E-state index >= 15 is 0 Å². The third kappa shape index (κ3) is 2.83. The molecule has 2 aromatic rings. The number of hydrogen-bond acceptors (Lipinski definition) is 5. The van der Waals surface area contributed by atoms with Crippen molar-refractivity contribution < 1.29 is 14.4 Å². The van der Waals surface area contributed by atoms with Gasteiger partial charge in [0.2, 0.25) is 5.91 Å². The van der Waals surface area contributed by atoms with Crippen molar-refractivity contribution in [3.05, 3.63) is 52.0 Å². The standard InChI is InChI=1S/C18H13N3O3S2/c1-9(22)21-8-11-6-10(2-4-13(11)17(21)24)15-5-3-12(26-15)7-14-16(23)20-18(25)19-14/h2-7H,8H2,1H3,(H2,19,20,23,25)/b14-7+. The number of hydrogen-bond donors (Lipinski definition) is 2. The maximum atomic E-state index is 12.2. The smallest absolute Gasteiger partial charge is 0.273 e. The summed E-state index contributed by atoms with van der Waals surface area (Å²) in [6, 6.07) is 9.46. The molecule has 3 heterocycles. The Balaban J connectivity index is 1.62. The first-order chi connectivity index (χ1) is 12.4. The van der Waals surface area contributed by atoms with Crippen molar-refractivity contribution in [1.82, 2.24) is 15.5 Å². The fourth-order valence-corrected chi connectivity index (χ4v) is 4.09. The Morgan fingerprint density at radius 1 is 1.23 bits per heavy atom. The number of carbonyl (C=O) groups is 3. The van der Waals surface area contributed by atoms with Crippen molar-refractivity contribution in [2.24, 2.45) is 0 Å². The fraction of sp³-hybridized carbons (Fsp3) is 0.111. The minimum atomic E-state index is -0.252. The highest BCUT2D eigenvalue weighted by atomic mass is 32.1. The lowest BCUT2D eigenvalue weighted by Gasteiger charge is -2.08. The van der Waals surface area contributed by atoms with Gasteiger partial charge in [-0.05, 0) is 53.7 Å². The SMILES string of the molecule is CC(=O)N1Cc2cc(-c3ccc(/C=C4/NC(=S)NC4=O)s3)ccc2C1=O. The van der Waals surface area contributed by atoms with E-state index < -0.39 is 0 Å². The van der Waals surface area contributed by atoms with E-state index in [0.717, 1.165) is 20.9 Å². The van der Waals surface area contributed by atoms with Crippen LogP contribution in [0.15, 0.2) is 36.0 Å². The van der Waals surface area contributed by atoms with E-state index in [1.54, 1.807) is 12.1 Å². The molecule has 2 aliphatic rings. The summed E-state index contributed by atoms with van der Waals surface area (Å²) < 4.78 is 0. The van der Waals surface area contributed by atoms with Crippen LogP contribution in [0.2, 0.25) is 0 Å². The predicted octanol–water partition coefficient (Wildman–Crippen LogP) is 2.26. The predicted molar refractivity (Wildman–Crippen MR) is 102 cm³/mol. The molecule has 1 fully saturated rings. The maximum Gasteiger partial charge on any atom is 0.273 e. The summed E-state index contributed by atoms with van der Waals surface area (Å²) in [7, 11) is 0. The molecule has 3 amide bonds. The Kier molecular flexibility index (Phi) is 3.93. The summed E-state index contributed by atoms with van der Waals surface area (Å²) in [5.74, 6) is -0.742. The van der Waals surface area contributed by atoms with Crippen LogP contribution in [0.5, 0.6) is 0 Å². The van der Waals surface area contributed by atoms with Crippen molar-refractivity contribution >= 4 is 52.5 Å². The largest absolute Gasteiger partial charge is 0.328 e. The first-order valence-corrected chi connectivity index (χ1v) is 9.04. The maximum absolute atomic E-state index is 12.2. The Bertz CT molecular complexity index is 1020. The summed E-state index contributed by atoms with van der Waals surface area (Å²) in [6.07, 6.45) is 1.75. The molecule has 1 aromatic carbocycles. The molecule has 130 valence electrons. The monoisotopic (exact) mass is 383 g/mol. The molecule has 8 heteroatoms. The molecule has 0 bridgehead atoms. The van der Waals surface area contributed by atoms with Gasteiger partial charge >= 0.3 is 0 Å². The van der Waals surface area contributed by atoms with Gasteiger partial charge in [-0.1, -0.05) is 6.07 Å². The van der Waals surface area contributed by atoms with Gasteiger partial charge in [-0.15, -0.1) is 11.3 Å². The number of rotatable bonds is 2. The van der Waals surface area contributed by atoms with Crippen LogP contribution in [0.3, 0.4) is 0 Å². The first kappa shape index (κ1) is 16.6. The molecule has 6 nitrogen and oxygen atoms in total. The average Bonchev–Trinajstić information content (AvgIpc) is 3.26. The van der Waals surface area contributed by atoms with E-state index in [-0.39, 0.29) is 17.7 Å². The number of imide groups is 1. The van der Waals surface area contributed by atoms with Crippen LogP contribution in [0.4, 0.5) is 0 Å². The second kappa shape index (κ2) is 6.15. The van der Waals surface area contributed by atoms with Gasteiger partial charge in [-0.3, -0.25) is 24.6 Å². The third-order valence-electron chi connectivity index (χ3n) is 4.21. The highest BCUT2D eigenvalue weighted by Gasteiger charge is 2.30. The molecular weight excluding hydrogens is 370 g/mol. The second-order valence-electron chi connectivity index (χ2n) is 5.95. The van der Waals surface area contributed by atoms with Crippen molar-refractivity contribution in [2.45, 2.75) is 13.5 Å². The number of thiocarbonyl (C=S) groups is 1. The van der Waals surface area contributed by atoms with Crippen molar-refractivity contribution in [2.75, 3.05) is 0 Å². The topological polar surface area (TPSA) is 78.5 Å². The molecular formula is C18H13N3O3S2. The minimum Gasteiger partial charge on any atom is -0.328 e. The minimum absolute atomic E-state index is 0.245. The summed E-state index contributed by atoms with van der Waals surface area (Å²) in [4.78, 5) is 38.6. The lowest BCUT2D eigenvalue weighted by atomic mass is 10.1. The fourth-order valence-electron chi connectivity index (χ4n) is 2.94. The zero-order chi connectivity index (χ0) is 18.4. The highest BCUT2D eigenvalue weighted by molar-refractivity contribution is 7.80. The third-order valence-corrected chi connectivity index (χ3v) is 5.49. The summed E-state index contributed by atoms with van der Waals surface area (Å²) in [6.45, 7) is 1.70. The van der Waals surface area contributed by atoms with Crippen molar-refractivity contribution in [1.29, 1.82) is 0 Å². The number of benzene rings is 1. The average molecular weight is 383 g/mol. The molecule has 26 heavy (non-hydrogen) atoms. The van der Waals surface area contributed by atoms with Gasteiger partial charge in [-0.25, -0.2) is 0 Å². The van der Waals surface area contributed by atoms with Crippen LogP contribution < -0.4 is 10.6 Å². The molecule has 4 rings (SSSR count). The molecule has 0 atom stereocenters. The zero-order valence-electron chi connectivity index (χ0n) is 13.7. The summed E-state index contributed by atoms with van der Waals surface area (Å²) in [5, 5.41) is 5.65. The molecule has 0 unspecified atom stereocenters. The van der Waals surface area contributed by atoms with Gasteiger partial charge in [0.15, 0.2) is 5.11 Å². The van der Waals surface area contributed by atoms with Crippen LogP contribution in [0, 0.1) is 0 Å². The Hall–Kier alpha value is -2.84. The summed E-state index contributed by atoms with van der Waals surface area (Å²) >= 11 is 6.44. The molecule has 0 aliphatic carbocycles. The van der Waals surface area contributed by atoms with Crippen LogP contribution in [-0.2, 0) is 16.1 Å². The molecule has 2 N–H and O–H groups in total. The normalized spacial score (nSPS) is 17.5. The number of thiophene rings is 1. The molecule has 0 spiro atoms. The number of fused-ring (bicyclic) bond motifs is 1. The Morgan fingerprint density at radius 3 is 2.73 bits per heavy atom. The number of nitrogens with one attached hydrogen (secondary N) is 2. The summed E-state index contributed by atoms with van der Waals surface area (Å²) in [5.41, 5.74) is 2.80. The van der Waals surface area contributed by atoms with E-state index in [1.807, 2.05) is 24.3 Å². The van der Waals surface area contributed by atoms with E-state index in [9.17, 15) is 14.4 Å². The quantitative estimate of drug-likeness (QED) is 0.614. The van der Waals surface area contributed by atoms with Crippen molar-refractivity contribution in [3.63, 3.8) is 0 Å². The lowest BCUT2D eigenvalue weighted by Crippen LogP contribution is -2.28. The zero-order valence-corrected chi connectivity index (χ0v) is 15.3. The number of carbonyl (C=O) groups excluding carboxylic acids is 3. The van der Waals surface area contributed by atoms with Crippen LogP contribution in [-0.4, -0.2) is 27.7 Å². The molecule has 0 radical (unpaired) electrons. The highest BCUT2D eigenvalue weighted by Crippen LogP contribution is 2.33.